The van der Waals surface area contributed by atoms with Gasteiger partial charge in [0.25, 0.3) is 0 Å². The van der Waals surface area contributed by atoms with Gasteiger partial charge in [0.1, 0.15) is 25.6 Å². The van der Waals surface area contributed by atoms with Crippen LogP contribution in [0.5, 0.6) is 11.5 Å². The smallest absolute Gasteiger partial charge is 0.338 e. The molecular formula is C30H29N3O6. The molecule has 1 atom stereocenters. The molecule has 0 saturated heterocycles. The summed E-state index contributed by atoms with van der Waals surface area (Å²) in [6.45, 7) is 8.41. The normalized spacial score (nSPS) is 16.6. The monoisotopic (exact) mass is 527 g/mol. The van der Waals surface area contributed by atoms with E-state index in [0.717, 1.165) is 5.57 Å². The van der Waals surface area contributed by atoms with E-state index in [1.54, 1.807) is 54.6 Å². The van der Waals surface area contributed by atoms with E-state index in [-0.39, 0.29) is 12.2 Å². The van der Waals surface area contributed by atoms with E-state index in [9.17, 15) is 14.9 Å². The van der Waals surface area contributed by atoms with Gasteiger partial charge in [0, 0.05) is 5.70 Å². The summed E-state index contributed by atoms with van der Waals surface area (Å²) < 4.78 is 22.4. The SMILES string of the molecule is C=C/C(CCC1=C(C(=O)OCc2cccc(C#N)c2)C(c2ccc3c(c2)OCCO3)NC(=O)N1)=C(\C=C)OC. The second kappa shape index (κ2) is 12.5. The van der Waals surface area contributed by atoms with E-state index in [1.807, 2.05) is 0 Å². The van der Waals surface area contributed by atoms with E-state index in [4.69, 9.17) is 18.9 Å². The van der Waals surface area contributed by atoms with Crippen LogP contribution in [0.15, 0.2) is 90.4 Å². The average molecular weight is 528 g/mol. The molecule has 2 heterocycles. The zero-order valence-electron chi connectivity index (χ0n) is 21.6. The first kappa shape index (κ1) is 27.1. The summed E-state index contributed by atoms with van der Waals surface area (Å²) in [6, 6.07) is 12.9. The van der Waals surface area contributed by atoms with Crippen molar-refractivity contribution in [3.63, 3.8) is 0 Å². The van der Waals surface area contributed by atoms with E-state index in [0.29, 0.717) is 65.7 Å². The summed E-state index contributed by atoms with van der Waals surface area (Å²) in [5, 5.41) is 14.8. The summed E-state index contributed by atoms with van der Waals surface area (Å²) in [7, 11) is 1.54. The predicted molar refractivity (Wildman–Crippen MR) is 143 cm³/mol. The number of carbonyl (C=O) groups is 2. The number of fused-ring (bicyclic) bond motifs is 1. The fraction of sp³-hybridized carbons (Fsp3) is 0.233. The molecule has 2 aliphatic heterocycles. The van der Waals surface area contributed by atoms with Gasteiger partial charge in [-0.05, 0) is 59.9 Å². The third-order valence-electron chi connectivity index (χ3n) is 6.31. The third-order valence-corrected chi connectivity index (χ3v) is 6.31. The van der Waals surface area contributed by atoms with Crippen LogP contribution < -0.4 is 20.1 Å². The molecule has 2 aromatic rings. The van der Waals surface area contributed by atoms with E-state index in [1.165, 1.54) is 7.11 Å². The molecule has 0 aromatic heterocycles. The minimum atomic E-state index is -0.806. The van der Waals surface area contributed by atoms with Crippen LogP contribution in [0.25, 0.3) is 0 Å². The molecule has 0 aliphatic carbocycles. The van der Waals surface area contributed by atoms with Crippen molar-refractivity contribution in [3.8, 4) is 17.6 Å². The Bertz CT molecular complexity index is 1400. The van der Waals surface area contributed by atoms with Crippen molar-refractivity contribution in [2.24, 2.45) is 0 Å². The van der Waals surface area contributed by atoms with Crippen molar-refractivity contribution in [3.05, 3.63) is 107 Å². The molecule has 0 spiro atoms. The van der Waals surface area contributed by atoms with Crippen LogP contribution in [0, 0.1) is 11.3 Å². The van der Waals surface area contributed by atoms with Crippen molar-refractivity contribution in [1.82, 2.24) is 10.6 Å². The maximum absolute atomic E-state index is 13.6. The van der Waals surface area contributed by atoms with E-state index < -0.39 is 18.0 Å². The maximum Gasteiger partial charge on any atom is 0.338 e. The summed E-state index contributed by atoms with van der Waals surface area (Å²) >= 11 is 0. The Morgan fingerprint density at radius 3 is 2.67 bits per heavy atom. The highest BCUT2D eigenvalue weighted by molar-refractivity contribution is 5.95. The lowest BCUT2D eigenvalue weighted by Crippen LogP contribution is -2.46. The highest BCUT2D eigenvalue weighted by Crippen LogP contribution is 2.37. The molecule has 2 amide bonds. The topological polar surface area (TPSA) is 119 Å². The molecule has 9 nitrogen and oxygen atoms in total. The number of nitrogens with one attached hydrogen (secondary N) is 2. The van der Waals surface area contributed by atoms with E-state index in [2.05, 4.69) is 29.9 Å². The number of hydrogen-bond donors (Lipinski definition) is 2. The highest BCUT2D eigenvalue weighted by atomic mass is 16.6. The number of methoxy groups -OCH3 is 1. The van der Waals surface area contributed by atoms with Crippen LogP contribution >= 0.6 is 0 Å². The Hall–Kier alpha value is -4.97. The van der Waals surface area contributed by atoms with Crippen LogP contribution in [0.4, 0.5) is 4.79 Å². The molecule has 200 valence electrons. The Kier molecular flexibility index (Phi) is 8.69. The Balaban J connectivity index is 1.70. The van der Waals surface area contributed by atoms with Crippen molar-refractivity contribution < 1.29 is 28.5 Å². The number of hydrogen-bond acceptors (Lipinski definition) is 7. The Labute approximate surface area is 227 Å². The number of carbonyl (C=O) groups excluding carboxylic acids is 2. The number of ether oxygens (including phenoxy) is 4. The van der Waals surface area contributed by atoms with Gasteiger partial charge in [-0.2, -0.15) is 5.26 Å². The summed E-state index contributed by atoms with van der Waals surface area (Å²) in [5.41, 5.74) is 3.19. The molecule has 1 unspecified atom stereocenters. The molecule has 0 radical (unpaired) electrons. The van der Waals surface area contributed by atoms with Crippen LogP contribution in [-0.2, 0) is 20.9 Å². The molecule has 9 heteroatoms. The second-order valence-corrected chi connectivity index (χ2v) is 8.72. The quantitative estimate of drug-likeness (QED) is 0.260. The van der Waals surface area contributed by atoms with E-state index >= 15 is 0 Å². The first-order chi connectivity index (χ1) is 19.0. The van der Waals surface area contributed by atoms with Gasteiger partial charge >= 0.3 is 12.0 Å². The maximum atomic E-state index is 13.6. The van der Waals surface area contributed by atoms with Gasteiger partial charge in [-0.25, -0.2) is 9.59 Å². The molecule has 0 bridgehead atoms. The standard InChI is InChI=1S/C30H29N3O6/c1-4-21(24(5-2)36-3)9-11-23-27(29(34)39-18-20-8-6-7-19(15-20)17-31)28(33-30(35)32-23)22-10-12-25-26(16-22)38-14-13-37-25/h4-8,10,12,15-16,28H,1-2,9,11,13-14,18H2,3H3,(H2,32,33,35)/b24-21-. The number of amides is 2. The summed E-state index contributed by atoms with van der Waals surface area (Å²) in [6.07, 6.45) is 3.95. The number of allylic oxidation sites excluding steroid dienone is 4. The fourth-order valence-corrected chi connectivity index (χ4v) is 4.43. The minimum Gasteiger partial charge on any atom is -0.497 e. The fourth-order valence-electron chi connectivity index (χ4n) is 4.43. The molecule has 0 saturated carbocycles. The lowest BCUT2D eigenvalue weighted by Gasteiger charge is -2.30. The zero-order valence-corrected chi connectivity index (χ0v) is 21.6. The number of esters is 1. The van der Waals surface area contributed by atoms with Gasteiger partial charge < -0.3 is 29.6 Å². The number of urea groups is 1. The molecule has 39 heavy (non-hydrogen) atoms. The zero-order chi connectivity index (χ0) is 27.8. The highest BCUT2D eigenvalue weighted by Gasteiger charge is 2.34. The molecule has 4 rings (SSSR count). The number of nitrogens with zero attached hydrogens (tertiary/aromatic N) is 1. The van der Waals surface area contributed by atoms with Gasteiger partial charge in [0.15, 0.2) is 11.5 Å². The van der Waals surface area contributed by atoms with Gasteiger partial charge in [0.05, 0.1) is 30.4 Å². The largest absolute Gasteiger partial charge is 0.497 e. The van der Waals surface area contributed by atoms with Crippen LogP contribution in [0.1, 0.15) is 35.6 Å². The lowest BCUT2D eigenvalue weighted by molar-refractivity contribution is -0.140. The minimum absolute atomic E-state index is 0.0466. The second-order valence-electron chi connectivity index (χ2n) is 8.72. The van der Waals surface area contributed by atoms with Gasteiger partial charge in [0.2, 0.25) is 0 Å². The Morgan fingerprint density at radius 1 is 1.15 bits per heavy atom. The van der Waals surface area contributed by atoms with Crippen LogP contribution in [0.3, 0.4) is 0 Å². The van der Waals surface area contributed by atoms with Crippen molar-refractivity contribution in [2.45, 2.75) is 25.5 Å². The molecular weight excluding hydrogens is 498 g/mol. The summed E-state index contributed by atoms with van der Waals surface area (Å²) in [4.78, 5) is 26.4. The average Bonchev–Trinajstić information content (AvgIpc) is 2.97. The van der Waals surface area contributed by atoms with Crippen LogP contribution in [-0.4, -0.2) is 32.3 Å². The predicted octanol–water partition coefficient (Wildman–Crippen LogP) is 4.73. The molecule has 2 aromatic carbocycles. The number of nitriles is 1. The third kappa shape index (κ3) is 6.30. The van der Waals surface area contributed by atoms with Crippen molar-refractivity contribution in [1.29, 1.82) is 5.26 Å². The van der Waals surface area contributed by atoms with Gasteiger partial charge in [-0.15, -0.1) is 0 Å². The molecule has 0 fully saturated rings. The summed E-state index contributed by atoms with van der Waals surface area (Å²) in [5.74, 6) is 1.06. The lowest BCUT2D eigenvalue weighted by atomic mass is 9.92. The van der Waals surface area contributed by atoms with Gasteiger partial charge in [-0.1, -0.05) is 37.4 Å². The van der Waals surface area contributed by atoms with Crippen molar-refractivity contribution in [2.75, 3.05) is 20.3 Å². The molecule has 2 N–H and O–H groups in total. The Morgan fingerprint density at radius 2 is 1.95 bits per heavy atom. The number of benzene rings is 2. The molecule has 2 aliphatic rings. The van der Waals surface area contributed by atoms with Crippen molar-refractivity contribution >= 4 is 12.0 Å². The first-order valence-corrected chi connectivity index (χ1v) is 12.4. The van der Waals surface area contributed by atoms with Crippen LogP contribution in [0.2, 0.25) is 0 Å². The number of rotatable bonds is 10. The first-order valence-electron chi connectivity index (χ1n) is 12.4. The van der Waals surface area contributed by atoms with Gasteiger partial charge in [-0.3, -0.25) is 0 Å².